The van der Waals surface area contributed by atoms with Gasteiger partial charge in [0.05, 0.1) is 0 Å². The Morgan fingerprint density at radius 3 is 2.79 bits per heavy atom. The summed E-state index contributed by atoms with van der Waals surface area (Å²) >= 11 is 0. The molecule has 0 bridgehead atoms. The van der Waals surface area contributed by atoms with E-state index in [9.17, 15) is 4.79 Å². The second kappa shape index (κ2) is 6.02. The number of carbonyl (C=O) groups excluding carboxylic acids is 1. The summed E-state index contributed by atoms with van der Waals surface area (Å²) in [5.74, 6) is 0.913. The molecule has 82 valence electrons. The van der Waals surface area contributed by atoms with Crippen LogP contribution >= 0.6 is 0 Å². The molecule has 1 atom stereocenters. The standard InChI is InChI=1S/C11H22N2O/c1-3-7-13(4-2)11(14)8-10-5-6-12-9-10/h10,12H,3-9H2,1-2H3. The van der Waals surface area contributed by atoms with Gasteiger partial charge >= 0.3 is 0 Å². The third kappa shape index (κ3) is 3.29. The van der Waals surface area contributed by atoms with Crippen LogP contribution in [-0.4, -0.2) is 37.0 Å². The van der Waals surface area contributed by atoms with E-state index in [-0.39, 0.29) is 0 Å². The van der Waals surface area contributed by atoms with E-state index in [1.54, 1.807) is 0 Å². The van der Waals surface area contributed by atoms with Crippen molar-refractivity contribution >= 4 is 5.91 Å². The smallest absolute Gasteiger partial charge is 0.222 e. The first-order valence-corrected chi connectivity index (χ1v) is 5.76. The topological polar surface area (TPSA) is 32.3 Å². The van der Waals surface area contributed by atoms with Gasteiger partial charge in [0.15, 0.2) is 0 Å². The molecule has 1 unspecified atom stereocenters. The highest BCUT2D eigenvalue weighted by Crippen LogP contribution is 2.13. The second-order valence-corrected chi connectivity index (χ2v) is 4.04. The van der Waals surface area contributed by atoms with Crippen molar-refractivity contribution in [1.29, 1.82) is 0 Å². The monoisotopic (exact) mass is 198 g/mol. The van der Waals surface area contributed by atoms with E-state index in [2.05, 4.69) is 19.2 Å². The van der Waals surface area contributed by atoms with Gasteiger partial charge in [-0.2, -0.15) is 0 Å². The number of nitrogens with one attached hydrogen (secondary N) is 1. The van der Waals surface area contributed by atoms with E-state index in [1.807, 2.05) is 4.90 Å². The highest BCUT2D eigenvalue weighted by Gasteiger charge is 2.20. The third-order valence-corrected chi connectivity index (χ3v) is 2.85. The minimum Gasteiger partial charge on any atom is -0.343 e. The maximum absolute atomic E-state index is 11.8. The molecule has 14 heavy (non-hydrogen) atoms. The Hall–Kier alpha value is -0.570. The summed E-state index contributed by atoms with van der Waals surface area (Å²) in [4.78, 5) is 13.8. The Morgan fingerprint density at radius 2 is 2.29 bits per heavy atom. The highest BCUT2D eigenvalue weighted by atomic mass is 16.2. The minimum absolute atomic E-state index is 0.336. The molecule has 0 aromatic carbocycles. The SMILES string of the molecule is CCCN(CC)C(=O)CC1CCNC1. The van der Waals surface area contributed by atoms with Crippen LogP contribution in [0.3, 0.4) is 0 Å². The number of hydrogen-bond acceptors (Lipinski definition) is 2. The molecule has 1 saturated heterocycles. The van der Waals surface area contributed by atoms with Gasteiger partial charge < -0.3 is 10.2 Å². The van der Waals surface area contributed by atoms with Crippen molar-refractivity contribution in [3.05, 3.63) is 0 Å². The lowest BCUT2D eigenvalue weighted by Crippen LogP contribution is -2.33. The molecule has 0 aromatic rings. The van der Waals surface area contributed by atoms with E-state index in [0.717, 1.165) is 45.4 Å². The zero-order valence-electron chi connectivity index (χ0n) is 9.38. The molecule has 0 aromatic heterocycles. The molecule has 1 amide bonds. The zero-order chi connectivity index (χ0) is 10.4. The second-order valence-electron chi connectivity index (χ2n) is 4.04. The van der Waals surface area contributed by atoms with E-state index in [1.165, 1.54) is 0 Å². The summed E-state index contributed by atoms with van der Waals surface area (Å²) in [7, 11) is 0. The van der Waals surface area contributed by atoms with Crippen molar-refractivity contribution in [2.45, 2.75) is 33.1 Å². The summed E-state index contributed by atoms with van der Waals surface area (Å²) in [5, 5.41) is 3.30. The summed E-state index contributed by atoms with van der Waals surface area (Å²) in [5.41, 5.74) is 0. The molecule has 1 aliphatic heterocycles. The normalized spacial score (nSPS) is 21.1. The quantitative estimate of drug-likeness (QED) is 0.721. The predicted molar refractivity (Wildman–Crippen MR) is 58.1 cm³/mol. The van der Waals surface area contributed by atoms with Crippen LogP contribution in [0.15, 0.2) is 0 Å². The lowest BCUT2D eigenvalue weighted by molar-refractivity contribution is -0.131. The van der Waals surface area contributed by atoms with Crippen LogP contribution in [0.25, 0.3) is 0 Å². The lowest BCUT2D eigenvalue weighted by Gasteiger charge is -2.21. The number of hydrogen-bond donors (Lipinski definition) is 1. The zero-order valence-corrected chi connectivity index (χ0v) is 9.38. The molecule has 0 saturated carbocycles. The summed E-state index contributed by atoms with van der Waals surface area (Å²) in [6.45, 7) is 8.04. The highest BCUT2D eigenvalue weighted by molar-refractivity contribution is 5.76. The number of amides is 1. The van der Waals surface area contributed by atoms with Crippen molar-refractivity contribution in [2.24, 2.45) is 5.92 Å². The first-order chi connectivity index (χ1) is 6.77. The third-order valence-electron chi connectivity index (χ3n) is 2.85. The predicted octanol–water partition coefficient (Wildman–Crippen LogP) is 1.24. The minimum atomic E-state index is 0.336. The van der Waals surface area contributed by atoms with Crippen LogP contribution in [0, 0.1) is 5.92 Å². The maximum Gasteiger partial charge on any atom is 0.222 e. The fraction of sp³-hybridized carbons (Fsp3) is 0.909. The molecular weight excluding hydrogens is 176 g/mol. The Bertz CT molecular complexity index is 176. The van der Waals surface area contributed by atoms with E-state index in [4.69, 9.17) is 0 Å². The Balaban J connectivity index is 2.30. The molecule has 3 nitrogen and oxygen atoms in total. The Kier molecular flexibility index (Phi) is 4.94. The largest absolute Gasteiger partial charge is 0.343 e. The van der Waals surface area contributed by atoms with Crippen molar-refractivity contribution < 1.29 is 4.79 Å². The van der Waals surface area contributed by atoms with Crippen molar-refractivity contribution in [2.75, 3.05) is 26.2 Å². The van der Waals surface area contributed by atoms with E-state index in [0.29, 0.717) is 11.8 Å². The molecule has 3 heteroatoms. The van der Waals surface area contributed by atoms with Crippen LogP contribution in [0.5, 0.6) is 0 Å². The Morgan fingerprint density at radius 1 is 1.50 bits per heavy atom. The number of rotatable bonds is 5. The molecule has 0 spiro atoms. The van der Waals surface area contributed by atoms with Crippen molar-refractivity contribution in [3.63, 3.8) is 0 Å². The van der Waals surface area contributed by atoms with Crippen LogP contribution < -0.4 is 5.32 Å². The van der Waals surface area contributed by atoms with Gasteiger partial charge in [-0.15, -0.1) is 0 Å². The molecule has 1 N–H and O–H groups in total. The molecular formula is C11H22N2O. The van der Waals surface area contributed by atoms with Gasteiger partial charge in [0.1, 0.15) is 0 Å². The molecule has 0 aliphatic carbocycles. The van der Waals surface area contributed by atoms with Gasteiger partial charge in [-0.05, 0) is 38.8 Å². The molecule has 1 rings (SSSR count). The number of carbonyl (C=O) groups is 1. The average Bonchev–Trinajstić information content (AvgIpc) is 2.66. The first-order valence-electron chi connectivity index (χ1n) is 5.76. The summed E-state index contributed by atoms with van der Waals surface area (Å²) in [6.07, 6.45) is 2.96. The van der Waals surface area contributed by atoms with Gasteiger partial charge in [0.25, 0.3) is 0 Å². The van der Waals surface area contributed by atoms with Gasteiger partial charge in [0.2, 0.25) is 5.91 Å². The molecule has 1 aliphatic rings. The fourth-order valence-corrected chi connectivity index (χ4v) is 1.99. The van der Waals surface area contributed by atoms with Crippen LogP contribution in [-0.2, 0) is 4.79 Å². The van der Waals surface area contributed by atoms with Gasteiger partial charge in [0, 0.05) is 19.5 Å². The average molecular weight is 198 g/mol. The first kappa shape index (κ1) is 11.5. The van der Waals surface area contributed by atoms with Crippen LogP contribution in [0.2, 0.25) is 0 Å². The maximum atomic E-state index is 11.8. The van der Waals surface area contributed by atoms with E-state index >= 15 is 0 Å². The van der Waals surface area contributed by atoms with Crippen molar-refractivity contribution in [1.82, 2.24) is 10.2 Å². The summed E-state index contributed by atoms with van der Waals surface area (Å²) in [6, 6.07) is 0. The fourth-order valence-electron chi connectivity index (χ4n) is 1.99. The lowest BCUT2D eigenvalue weighted by atomic mass is 10.0. The van der Waals surface area contributed by atoms with Crippen molar-refractivity contribution in [3.8, 4) is 0 Å². The van der Waals surface area contributed by atoms with Gasteiger partial charge in [-0.1, -0.05) is 6.92 Å². The van der Waals surface area contributed by atoms with E-state index < -0.39 is 0 Å². The van der Waals surface area contributed by atoms with Crippen LogP contribution in [0.4, 0.5) is 0 Å². The van der Waals surface area contributed by atoms with Gasteiger partial charge in [-0.25, -0.2) is 0 Å². The van der Waals surface area contributed by atoms with Crippen LogP contribution in [0.1, 0.15) is 33.1 Å². The molecule has 1 heterocycles. The van der Waals surface area contributed by atoms with Gasteiger partial charge in [-0.3, -0.25) is 4.79 Å². The summed E-state index contributed by atoms with van der Waals surface area (Å²) < 4.78 is 0. The number of nitrogens with zero attached hydrogens (tertiary/aromatic N) is 1. The Labute approximate surface area is 86.9 Å². The molecule has 1 fully saturated rings. The molecule has 0 radical (unpaired) electrons.